The van der Waals surface area contributed by atoms with Gasteiger partial charge in [-0.05, 0) is 60.7 Å². The maximum absolute atomic E-state index is 12.6. The zero-order valence-electron chi connectivity index (χ0n) is 16.6. The SMILES string of the molecule is CCCCCCc1ccc(S(=O)(=O)Nc2ccc(OCC(C)C)cc2)cc1. The minimum Gasteiger partial charge on any atom is -0.493 e. The molecule has 0 aliphatic rings. The van der Waals surface area contributed by atoms with E-state index >= 15 is 0 Å². The Balaban J connectivity index is 1.95. The maximum atomic E-state index is 12.6. The Kier molecular flexibility index (Phi) is 8.17. The number of sulfonamides is 1. The summed E-state index contributed by atoms with van der Waals surface area (Å²) in [5.74, 6) is 1.18. The smallest absolute Gasteiger partial charge is 0.261 e. The van der Waals surface area contributed by atoms with Crippen molar-refractivity contribution in [3.8, 4) is 5.75 Å². The minimum absolute atomic E-state index is 0.278. The highest BCUT2D eigenvalue weighted by molar-refractivity contribution is 7.92. The van der Waals surface area contributed by atoms with Gasteiger partial charge < -0.3 is 4.74 Å². The molecule has 148 valence electrons. The van der Waals surface area contributed by atoms with Gasteiger partial charge in [0.15, 0.2) is 0 Å². The Hall–Kier alpha value is -2.01. The lowest BCUT2D eigenvalue weighted by atomic mass is 10.1. The molecule has 1 N–H and O–H groups in total. The first kappa shape index (κ1) is 21.3. The number of anilines is 1. The van der Waals surface area contributed by atoms with Crippen LogP contribution in [-0.4, -0.2) is 15.0 Å². The van der Waals surface area contributed by atoms with Crippen LogP contribution >= 0.6 is 0 Å². The fourth-order valence-corrected chi connectivity index (χ4v) is 3.75. The average molecular weight is 390 g/mol. The Morgan fingerprint density at radius 3 is 2.19 bits per heavy atom. The second kappa shape index (κ2) is 10.4. The van der Waals surface area contributed by atoms with E-state index in [0.29, 0.717) is 18.2 Å². The third-order valence-corrected chi connectivity index (χ3v) is 5.64. The third-order valence-electron chi connectivity index (χ3n) is 4.24. The standard InChI is InChI=1S/C22H31NO3S/c1-4-5-6-7-8-19-9-15-22(16-10-19)27(24,25)23-20-11-13-21(14-12-20)26-17-18(2)3/h9-16,18,23H,4-8,17H2,1-3H3. The van der Waals surface area contributed by atoms with Crippen molar-refractivity contribution in [3.63, 3.8) is 0 Å². The molecule has 0 aliphatic heterocycles. The molecule has 0 atom stereocenters. The molecule has 0 saturated carbocycles. The molecule has 0 bridgehead atoms. The van der Waals surface area contributed by atoms with Gasteiger partial charge in [-0.1, -0.05) is 52.2 Å². The van der Waals surface area contributed by atoms with Gasteiger partial charge in [-0.15, -0.1) is 0 Å². The second-order valence-corrected chi connectivity index (χ2v) is 8.97. The molecule has 0 saturated heterocycles. The molecule has 0 amide bonds. The fraction of sp³-hybridized carbons (Fsp3) is 0.455. The first-order chi connectivity index (χ1) is 12.9. The van der Waals surface area contributed by atoms with Gasteiger partial charge in [-0.3, -0.25) is 4.72 Å². The zero-order chi connectivity index (χ0) is 19.7. The molecule has 0 spiro atoms. The first-order valence-electron chi connectivity index (χ1n) is 9.75. The number of nitrogens with one attached hydrogen (secondary N) is 1. The normalized spacial score (nSPS) is 11.6. The number of unbranched alkanes of at least 4 members (excludes halogenated alkanes) is 3. The van der Waals surface area contributed by atoms with E-state index in [1.165, 1.54) is 24.8 Å². The lowest BCUT2D eigenvalue weighted by molar-refractivity contribution is 0.271. The van der Waals surface area contributed by atoms with Gasteiger partial charge in [0.05, 0.1) is 11.5 Å². The van der Waals surface area contributed by atoms with Crippen LogP contribution in [0.3, 0.4) is 0 Å². The van der Waals surface area contributed by atoms with Crippen LogP contribution in [0.15, 0.2) is 53.4 Å². The summed E-state index contributed by atoms with van der Waals surface area (Å²) in [6.07, 6.45) is 5.81. The molecular weight excluding hydrogens is 358 g/mol. The number of hydrogen-bond donors (Lipinski definition) is 1. The molecule has 2 aromatic rings. The van der Waals surface area contributed by atoms with E-state index in [1.807, 2.05) is 12.1 Å². The van der Waals surface area contributed by atoms with Crippen molar-refractivity contribution in [2.24, 2.45) is 5.92 Å². The Morgan fingerprint density at radius 2 is 1.59 bits per heavy atom. The summed E-state index contributed by atoms with van der Waals surface area (Å²) in [5.41, 5.74) is 1.70. The largest absolute Gasteiger partial charge is 0.493 e. The topological polar surface area (TPSA) is 55.4 Å². The van der Waals surface area contributed by atoms with Crippen LogP contribution in [0.4, 0.5) is 5.69 Å². The average Bonchev–Trinajstić information content (AvgIpc) is 2.65. The van der Waals surface area contributed by atoms with Crippen molar-refractivity contribution in [1.82, 2.24) is 0 Å². The van der Waals surface area contributed by atoms with Gasteiger partial charge in [-0.25, -0.2) is 8.42 Å². The molecule has 0 heterocycles. The number of hydrogen-bond acceptors (Lipinski definition) is 3. The summed E-state index contributed by atoms with van der Waals surface area (Å²) in [6, 6.07) is 14.2. The molecule has 0 fully saturated rings. The van der Waals surface area contributed by atoms with Crippen LogP contribution in [0, 0.1) is 5.92 Å². The fourth-order valence-electron chi connectivity index (χ4n) is 2.69. The van der Waals surface area contributed by atoms with Crippen LogP contribution in [-0.2, 0) is 16.4 Å². The van der Waals surface area contributed by atoms with E-state index in [2.05, 4.69) is 25.5 Å². The van der Waals surface area contributed by atoms with Crippen LogP contribution < -0.4 is 9.46 Å². The zero-order valence-corrected chi connectivity index (χ0v) is 17.4. The molecule has 4 nitrogen and oxygen atoms in total. The summed E-state index contributed by atoms with van der Waals surface area (Å²) in [5, 5.41) is 0. The van der Waals surface area contributed by atoms with Crippen molar-refractivity contribution in [3.05, 3.63) is 54.1 Å². The van der Waals surface area contributed by atoms with E-state index < -0.39 is 10.0 Å². The van der Waals surface area contributed by atoms with Gasteiger partial charge in [-0.2, -0.15) is 0 Å². The van der Waals surface area contributed by atoms with E-state index in [-0.39, 0.29) is 4.90 Å². The highest BCUT2D eigenvalue weighted by atomic mass is 32.2. The summed E-state index contributed by atoms with van der Waals surface area (Å²) in [4.78, 5) is 0.278. The van der Waals surface area contributed by atoms with Gasteiger partial charge in [0.25, 0.3) is 10.0 Å². The quantitative estimate of drug-likeness (QED) is 0.506. The van der Waals surface area contributed by atoms with Gasteiger partial charge in [0, 0.05) is 5.69 Å². The highest BCUT2D eigenvalue weighted by Crippen LogP contribution is 2.20. The molecule has 2 aromatic carbocycles. The third kappa shape index (κ3) is 7.25. The van der Waals surface area contributed by atoms with Crippen LogP contribution in [0.2, 0.25) is 0 Å². The summed E-state index contributed by atoms with van der Waals surface area (Å²) < 4.78 is 33.4. The highest BCUT2D eigenvalue weighted by Gasteiger charge is 2.14. The van der Waals surface area contributed by atoms with Crippen molar-refractivity contribution in [2.45, 2.75) is 57.8 Å². The molecule has 0 aliphatic carbocycles. The molecule has 5 heteroatoms. The monoisotopic (exact) mass is 389 g/mol. The number of rotatable bonds is 11. The Bertz CT molecular complexity index is 781. The lowest BCUT2D eigenvalue weighted by Gasteiger charge is -2.11. The molecular formula is C22H31NO3S. The molecule has 0 radical (unpaired) electrons. The van der Waals surface area contributed by atoms with E-state index in [1.54, 1.807) is 36.4 Å². The van der Waals surface area contributed by atoms with Crippen molar-refractivity contribution in [2.75, 3.05) is 11.3 Å². The van der Waals surface area contributed by atoms with Gasteiger partial charge in [0.1, 0.15) is 5.75 Å². The van der Waals surface area contributed by atoms with Crippen LogP contribution in [0.1, 0.15) is 52.0 Å². The number of ether oxygens (including phenoxy) is 1. The van der Waals surface area contributed by atoms with Gasteiger partial charge >= 0.3 is 0 Å². The Morgan fingerprint density at radius 1 is 0.926 bits per heavy atom. The molecule has 0 unspecified atom stereocenters. The van der Waals surface area contributed by atoms with Crippen molar-refractivity contribution in [1.29, 1.82) is 0 Å². The minimum atomic E-state index is -3.59. The van der Waals surface area contributed by atoms with E-state index in [0.717, 1.165) is 18.6 Å². The van der Waals surface area contributed by atoms with E-state index in [9.17, 15) is 8.42 Å². The van der Waals surface area contributed by atoms with Crippen LogP contribution in [0.5, 0.6) is 5.75 Å². The molecule has 0 aromatic heterocycles. The van der Waals surface area contributed by atoms with Crippen molar-refractivity contribution >= 4 is 15.7 Å². The van der Waals surface area contributed by atoms with Gasteiger partial charge in [0.2, 0.25) is 0 Å². The second-order valence-electron chi connectivity index (χ2n) is 7.29. The number of aryl methyl sites for hydroxylation is 1. The Labute approximate surface area is 164 Å². The predicted octanol–water partition coefficient (Wildman–Crippen LogP) is 5.65. The predicted molar refractivity (Wildman–Crippen MR) is 112 cm³/mol. The van der Waals surface area contributed by atoms with Crippen molar-refractivity contribution < 1.29 is 13.2 Å². The maximum Gasteiger partial charge on any atom is 0.261 e. The first-order valence-corrected chi connectivity index (χ1v) is 11.2. The molecule has 2 rings (SSSR count). The lowest BCUT2D eigenvalue weighted by Crippen LogP contribution is -2.13. The molecule has 27 heavy (non-hydrogen) atoms. The summed E-state index contributed by atoms with van der Waals surface area (Å²) >= 11 is 0. The van der Waals surface area contributed by atoms with Crippen LogP contribution in [0.25, 0.3) is 0 Å². The number of benzene rings is 2. The summed E-state index contributed by atoms with van der Waals surface area (Å²) in [7, 11) is -3.59. The van der Waals surface area contributed by atoms with E-state index in [4.69, 9.17) is 4.74 Å². The summed E-state index contributed by atoms with van der Waals surface area (Å²) in [6.45, 7) is 6.99.